The molecule has 0 bridgehead atoms. The summed E-state index contributed by atoms with van der Waals surface area (Å²) in [6.45, 7) is 7.49. The molecular weight excluding hydrogens is 350 g/mol. The Kier molecular flexibility index (Phi) is 6.45. The number of pyridine rings is 1. The van der Waals surface area contributed by atoms with Crippen molar-refractivity contribution in [3.8, 4) is 0 Å². The highest BCUT2D eigenvalue weighted by Crippen LogP contribution is 2.28. The molecule has 1 aromatic carbocycles. The molecule has 0 unspecified atom stereocenters. The number of amides is 2. The van der Waals surface area contributed by atoms with Crippen LogP contribution in [0.25, 0.3) is 0 Å². The molecule has 0 radical (unpaired) electrons. The number of carbonyl (C=O) groups is 2. The van der Waals surface area contributed by atoms with Crippen molar-refractivity contribution >= 4 is 17.5 Å². The number of aromatic nitrogens is 1. The lowest BCUT2D eigenvalue weighted by molar-refractivity contribution is -0.116. The zero-order valence-electron chi connectivity index (χ0n) is 16.9. The van der Waals surface area contributed by atoms with Crippen LogP contribution in [0.4, 0.5) is 5.69 Å². The lowest BCUT2D eigenvalue weighted by Gasteiger charge is -2.32. The summed E-state index contributed by atoms with van der Waals surface area (Å²) < 4.78 is 0. The number of hydrogen-bond acceptors (Lipinski definition) is 3. The van der Waals surface area contributed by atoms with Gasteiger partial charge in [0.25, 0.3) is 5.91 Å². The SMILES string of the molecule is Cc1cc(C(=O)N2CCC(c3ccncc3)CC2)ccc1NC(=O)CC(C)C. The second-order valence-corrected chi connectivity index (χ2v) is 8.02. The summed E-state index contributed by atoms with van der Waals surface area (Å²) in [6, 6.07) is 9.66. The topological polar surface area (TPSA) is 62.3 Å². The van der Waals surface area contributed by atoms with E-state index in [1.165, 1.54) is 5.56 Å². The highest BCUT2D eigenvalue weighted by molar-refractivity contribution is 5.96. The standard InChI is InChI=1S/C23H29N3O2/c1-16(2)14-22(27)25-21-5-4-20(15-17(21)3)23(28)26-12-8-19(9-13-26)18-6-10-24-11-7-18/h4-7,10-11,15-16,19H,8-9,12-14H2,1-3H3,(H,25,27). The maximum absolute atomic E-state index is 12.9. The van der Waals surface area contributed by atoms with Gasteiger partial charge in [0.15, 0.2) is 0 Å². The predicted molar refractivity (Wildman–Crippen MR) is 111 cm³/mol. The van der Waals surface area contributed by atoms with Crippen molar-refractivity contribution < 1.29 is 9.59 Å². The minimum Gasteiger partial charge on any atom is -0.339 e. The van der Waals surface area contributed by atoms with Gasteiger partial charge in [-0.3, -0.25) is 14.6 Å². The van der Waals surface area contributed by atoms with Gasteiger partial charge < -0.3 is 10.2 Å². The van der Waals surface area contributed by atoms with Crippen LogP contribution in [0.2, 0.25) is 0 Å². The molecule has 1 saturated heterocycles. The van der Waals surface area contributed by atoms with Crippen molar-refractivity contribution in [1.29, 1.82) is 0 Å². The Bertz CT molecular complexity index is 825. The van der Waals surface area contributed by atoms with E-state index in [0.29, 0.717) is 23.8 Å². The number of piperidine rings is 1. The summed E-state index contributed by atoms with van der Waals surface area (Å²) in [5, 5.41) is 2.94. The van der Waals surface area contributed by atoms with Gasteiger partial charge in [-0.25, -0.2) is 0 Å². The molecule has 3 rings (SSSR count). The van der Waals surface area contributed by atoms with Gasteiger partial charge in [-0.1, -0.05) is 13.8 Å². The largest absolute Gasteiger partial charge is 0.339 e. The van der Waals surface area contributed by atoms with Crippen molar-refractivity contribution in [3.63, 3.8) is 0 Å². The summed E-state index contributed by atoms with van der Waals surface area (Å²) in [5.74, 6) is 0.885. The molecule has 1 aliphatic rings. The van der Waals surface area contributed by atoms with Crippen molar-refractivity contribution in [2.45, 2.75) is 46.0 Å². The number of nitrogens with zero attached hydrogens (tertiary/aromatic N) is 2. The Morgan fingerprint density at radius 2 is 1.82 bits per heavy atom. The van der Waals surface area contributed by atoms with Gasteiger partial charge in [-0.05, 0) is 73.1 Å². The molecule has 28 heavy (non-hydrogen) atoms. The molecule has 0 atom stereocenters. The Labute approximate surface area is 167 Å². The summed E-state index contributed by atoms with van der Waals surface area (Å²) in [4.78, 5) is 30.9. The van der Waals surface area contributed by atoms with Crippen LogP contribution in [-0.4, -0.2) is 34.8 Å². The first-order valence-electron chi connectivity index (χ1n) is 10.0. The van der Waals surface area contributed by atoms with E-state index >= 15 is 0 Å². The Hall–Kier alpha value is -2.69. The second-order valence-electron chi connectivity index (χ2n) is 8.02. The third-order valence-corrected chi connectivity index (χ3v) is 5.30. The lowest BCUT2D eigenvalue weighted by Crippen LogP contribution is -2.38. The maximum Gasteiger partial charge on any atom is 0.253 e. The van der Waals surface area contributed by atoms with Crippen LogP contribution >= 0.6 is 0 Å². The van der Waals surface area contributed by atoms with Gasteiger partial charge >= 0.3 is 0 Å². The van der Waals surface area contributed by atoms with Gasteiger partial charge in [0, 0.05) is 43.2 Å². The van der Waals surface area contributed by atoms with Crippen LogP contribution in [0.3, 0.4) is 0 Å². The first kappa shape index (κ1) is 20.1. The molecular formula is C23H29N3O2. The van der Waals surface area contributed by atoms with Gasteiger partial charge in [0.05, 0.1) is 0 Å². The van der Waals surface area contributed by atoms with E-state index in [-0.39, 0.29) is 11.8 Å². The first-order chi connectivity index (χ1) is 13.4. The zero-order chi connectivity index (χ0) is 20.1. The molecule has 1 N–H and O–H groups in total. The van der Waals surface area contributed by atoms with Crippen LogP contribution < -0.4 is 5.32 Å². The van der Waals surface area contributed by atoms with Gasteiger partial charge in [0.1, 0.15) is 0 Å². The van der Waals surface area contributed by atoms with E-state index in [2.05, 4.69) is 22.4 Å². The molecule has 148 valence electrons. The van der Waals surface area contributed by atoms with E-state index in [4.69, 9.17) is 0 Å². The number of benzene rings is 1. The number of aryl methyl sites for hydroxylation is 1. The Morgan fingerprint density at radius 3 is 2.43 bits per heavy atom. The fourth-order valence-corrected chi connectivity index (χ4v) is 3.74. The van der Waals surface area contributed by atoms with Crippen LogP contribution in [0.15, 0.2) is 42.7 Å². The third-order valence-electron chi connectivity index (χ3n) is 5.30. The molecule has 5 nitrogen and oxygen atoms in total. The molecule has 0 spiro atoms. The smallest absolute Gasteiger partial charge is 0.253 e. The number of hydrogen-bond donors (Lipinski definition) is 1. The van der Waals surface area contributed by atoms with Crippen LogP contribution in [-0.2, 0) is 4.79 Å². The van der Waals surface area contributed by atoms with Crippen molar-refractivity contribution in [2.24, 2.45) is 5.92 Å². The van der Waals surface area contributed by atoms with Crippen molar-refractivity contribution in [1.82, 2.24) is 9.88 Å². The summed E-state index contributed by atoms with van der Waals surface area (Å²) in [5.41, 5.74) is 3.68. The van der Waals surface area contributed by atoms with E-state index in [0.717, 1.165) is 37.2 Å². The number of rotatable bonds is 5. The van der Waals surface area contributed by atoms with Gasteiger partial charge in [0.2, 0.25) is 5.91 Å². The summed E-state index contributed by atoms with van der Waals surface area (Å²) in [6.07, 6.45) is 6.09. The lowest BCUT2D eigenvalue weighted by atomic mass is 9.90. The van der Waals surface area contributed by atoms with Crippen LogP contribution in [0, 0.1) is 12.8 Å². The number of anilines is 1. The van der Waals surface area contributed by atoms with Gasteiger partial charge in [-0.2, -0.15) is 0 Å². The molecule has 1 aliphatic heterocycles. The summed E-state index contributed by atoms with van der Waals surface area (Å²) in [7, 11) is 0. The second kappa shape index (κ2) is 9.00. The van der Waals surface area contributed by atoms with E-state index in [1.807, 2.05) is 56.3 Å². The normalized spacial score (nSPS) is 14.9. The predicted octanol–water partition coefficient (Wildman–Crippen LogP) is 4.39. The minimum absolute atomic E-state index is 0.00959. The molecule has 0 saturated carbocycles. The maximum atomic E-state index is 12.9. The van der Waals surface area contributed by atoms with Gasteiger partial charge in [-0.15, -0.1) is 0 Å². The van der Waals surface area contributed by atoms with Crippen molar-refractivity contribution in [2.75, 3.05) is 18.4 Å². The molecule has 1 aromatic heterocycles. The average Bonchev–Trinajstić information content (AvgIpc) is 2.69. The Morgan fingerprint density at radius 1 is 1.14 bits per heavy atom. The minimum atomic E-state index is 0.00959. The number of nitrogens with one attached hydrogen (secondary N) is 1. The molecule has 2 heterocycles. The molecule has 2 amide bonds. The molecule has 5 heteroatoms. The third kappa shape index (κ3) is 4.97. The quantitative estimate of drug-likeness (QED) is 0.838. The molecule has 0 aliphatic carbocycles. The average molecular weight is 380 g/mol. The van der Waals surface area contributed by atoms with Crippen molar-refractivity contribution in [3.05, 3.63) is 59.4 Å². The monoisotopic (exact) mass is 379 g/mol. The first-order valence-corrected chi connectivity index (χ1v) is 10.0. The highest BCUT2D eigenvalue weighted by Gasteiger charge is 2.24. The fraction of sp³-hybridized carbons (Fsp3) is 0.435. The van der Waals surface area contributed by atoms with Crippen LogP contribution in [0.5, 0.6) is 0 Å². The number of carbonyl (C=O) groups excluding carboxylic acids is 2. The Balaban J connectivity index is 1.60. The van der Waals surface area contributed by atoms with Crippen LogP contribution in [0.1, 0.15) is 60.5 Å². The number of likely N-dealkylation sites (tertiary alicyclic amines) is 1. The molecule has 1 fully saturated rings. The highest BCUT2D eigenvalue weighted by atomic mass is 16.2. The van der Waals surface area contributed by atoms with E-state index in [9.17, 15) is 9.59 Å². The zero-order valence-corrected chi connectivity index (χ0v) is 16.9. The fourth-order valence-electron chi connectivity index (χ4n) is 3.74. The van der Waals surface area contributed by atoms with E-state index < -0.39 is 0 Å². The summed E-state index contributed by atoms with van der Waals surface area (Å²) >= 11 is 0. The molecule has 2 aromatic rings. The van der Waals surface area contributed by atoms with E-state index in [1.54, 1.807) is 0 Å².